The molecule has 0 aliphatic rings. The average molecular weight is 383 g/mol. The summed E-state index contributed by atoms with van der Waals surface area (Å²) in [5.74, 6) is 0.534. The van der Waals surface area contributed by atoms with E-state index in [-0.39, 0.29) is 12.4 Å². The Balaban J connectivity index is 1.88. The topological polar surface area (TPSA) is 127 Å². The summed E-state index contributed by atoms with van der Waals surface area (Å²) in [5.41, 5.74) is 5.88. The van der Waals surface area contributed by atoms with Gasteiger partial charge in [-0.3, -0.25) is 15.0 Å². The maximum Gasteiger partial charge on any atom is 0.318 e. The lowest BCUT2D eigenvalue weighted by Gasteiger charge is -2.29. The lowest BCUT2D eigenvalue weighted by molar-refractivity contribution is -0.126. The third-order valence-corrected chi connectivity index (χ3v) is 4.02. The fourth-order valence-corrected chi connectivity index (χ4v) is 2.93. The number of hydrogen-bond acceptors (Lipinski definition) is 7. The first-order valence-corrected chi connectivity index (χ1v) is 8.84. The van der Waals surface area contributed by atoms with Crippen molar-refractivity contribution in [2.45, 2.75) is 25.9 Å². The van der Waals surface area contributed by atoms with Gasteiger partial charge in [-0.1, -0.05) is 37.3 Å². The second-order valence-electron chi connectivity index (χ2n) is 6.12. The zero-order chi connectivity index (χ0) is 19.9. The summed E-state index contributed by atoms with van der Waals surface area (Å²) in [5, 5.41) is 10.2. The zero-order valence-corrected chi connectivity index (χ0v) is 15.4. The van der Waals surface area contributed by atoms with Crippen LogP contribution in [0.25, 0.3) is 11.7 Å². The van der Waals surface area contributed by atoms with Gasteiger partial charge in [0.2, 0.25) is 11.8 Å². The van der Waals surface area contributed by atoms with Crippen LogP contribution in [0.3, 0.4) is 0 Å². The fourth-order valence-electron chi connectivity index (χ4n) is 2.93. The molecule has 1 aromatic carbocycles. The molecule has 1 atom stereocenters. The summed E-state index contributed by atoms with van der Waals surface area (Å²) in [6, 6.07) is 10.9. The third kappa shape index (κ3) is 4.63. The first kappa shape index (κ1) is 19.3. The largest absolute Gasteiger partial charge is 0.459 e. The molecule has 0 saturated carbocycles. The van der Waals surface area contributed by atoms with Crippen LogP contribution < -0.4 is 11.1 Å². The zero-order valence-electron chi connectivity index (χ0n) is 15.4. The number of rotatable bonds is 8. The number of furan rings is 1. The Morgan fingerprint density at radius 3 is 2.61 bits per heavy atom. The molecule has 0 bridgehead atoms. The summed E-state index contributed by atoms with van der Waals surface area (Å²) in [7, 11) is 0. The number of carbonyl (C=O) groups excluding carboxylic acids is 2. The van der Waals surface area contributed by atoms with E-state index in [9.17, 15) is 9.59 Å². The number of imide groups is 1. The van der Waals surface area contributed by atoms with Gasteiger partial charge in [0.05, 0.1) is 12.8 Å². The van der Waals surface area contributed by atoms with E-state index in [0.29, 0.717) is 18.2 Å². The summed E-state index contributed by atoms with van der Waals surface area (Å²) in [6.07, 6.45) is 2.29. The summed E-state index contributed by atoms with van der Waals surface area (Å²) in [6.45, 7) is 2.76. The van der Waals surface area contributed by atoms with Crippen LogP contribution in [0.1, 0.15) is 30.8 Å². The molecule has 2 heterocycles. The van der Waals surface area contributed by atoms with Crippen molar-refractivity contribution in [3.8, 4) is 11.7 Å². The molecule has 0 aliphatic heterocycles. The van der Waals surface area contributed by atoms with Crippen LogP contribution in [0.5, 0.6) is 0 Å². The number of hydrogen-bond donors (Lipinski definition) is 2. The second kappa shape index (κ2) is 8.96. The lowest BCUT2D eigenvalue weighted by Crippen LogP contribution is -2.44. The summed E-state index contributed by atoms with van der Waals surface area (Å²) in [4.78, 5) is 25.8. The molecule has 0 aliphatic carbocycles. The van der Waals surface area contributed by atoms with Gasteiger partial charge in [-0.15, -0.1) is 10.2 Å². The number of nitrogens with one attached hydrogen (secondary N) is 1. The van der Waals surface area contributed by atoms with Crippen LogP contribution >= 0.6 is 0 Å². The van der Waals surface area contributed by atoms with E-state index in [4.69, 9.17) is 14.6 Å². The maximum absolute atomic E-state index is 12.7. The predicted octanol–water partition coefficient (Wildman–Crippen LogP) is 2.48. The Hall–Kier alpha value is -3.46. The minimum absolute atomic E-state index is 0.216. The number of nitrogens with two attached hydrogens (primary N) is 1. The Morgan fingerprint density at radius 1 is 1.18 bits per heavy atom. The highest BCUT2D eigenvalue weighted by molar-refractivity contribution is 5.96. The molecular formula is C19H21N5O4. The minimum Gasteiger partial charge on any atom is -0.459 e. The summed E-state index contributed by atoms with van der Waals surface area (Å²) < 4.78 is 10.9. The number of urea groups is 1. The highest BCUT2D eigenvalue weighted by Gasteiger charge is 2.29. The van der Waals surface area contributed by atoms with Crippen LogP contribution in [-0.2, 0) is 11.3 Å². The van der Waals surface area contributed by atoms with E-state index in [1.807, 2.05) is 42.2 Å². The lowest BCUT2D eigenvalue weighted by atomic mass is 10.0. The number of benzene rings is 1. The van der Waals surface area contributed by atoms with Gasteiger partial charge >= 0.3 is 6.03 Å². The molecule has 3 aromatic rings. The quantitative estimate of drug-likeness (QED) is 0.611. The molecule has 3 N–H and O–H groups in total. The van der Waals surface area contributed by atoms with E-state index in [0.717, 1.165) is 12.0 Å². The number of amides is 3. The molecule has 146 valence electrons. The van der Waals surface area contributed by atoms with Gasteiger partial charge in [0.1, 0.15) is 6.04 Å². The minimum atomic E-state index is -0.903. The average Bonchev–Trinajstić information content (AvgIpc) is 3.34. The molecule has 3 rings (SSSR count). The van der Waals surface area contributed by atoms with Crippen molar-refractivity contribution in [1.82, 2.24) is 20.4 Å². The first-order valence-electron chi connectivity index (χ1n) is 8.84. The fraction of sp³-hybridized carbons (Fsp3) is 0.263. The van der Waals surface area contributed by atoms with E-state index in [1.54, 1.807) is 12.1 Å². The molecule has 0 saturated heterocycles. The van der Waals surface area contributed by atoms with Gasteiger partial charge in [-0.05, 0) is 30.7 Å². The van der Waals surface area contributed by atoms with E-state index in [1.165, 1.54) is 6.26 Å². The molecule has 0 unspecified atom stereocenters. The van der Waals surface area contributed by atoms with Crippen LogP contribution in [0.4, 0.5) is 4.79 Å². The van der Waals surface area contributed by atoms with Crippen molar-refractivity contribution >= 4 is 11.9 Å². The van der Waals surface area contributed by atoms with Gasteiger partial charge in [-0.25, -0.2) is 4.79 Å². The third-order valence-electron chi connectivity index (χ3n) is 4.02. The molecule has 28 heavy (non-hydrogen) atoms. The molecule has 0 radical (unpaired) electrons. The van der Waals surface area contributed by atoms with Crippen molar-refractivity contribution in [3.05, 3.63) is 60.2 Å². The molecule has 9 heteroatoms. The van der Waals surface area contributed by atoms with Gasteiger partial charge in [0, 0.05) is 0 Å². The number of carbonyl (C=O) groups is 2. The van der Waals surface area contributed by atoms with Crippen molar-refractivity contribution in [3.63, 3.8) is 0 Å². The van der Waals surface area contributed by atoms with Gasteiger partial charge < -0.3 is 14.6 Å². The summed E-state index contributed by atoms with van der Waals surface area (Å²) >= 11 is 0. The maximum atomic E-state index is 12.7. The molecule has 9 nitrogen and oxygen atoms in total. The number of nitrogens with zero attached hydrogens (tertiary/aromatic N) is 3. The van der Waals surface area contributed by atoms with Crippen molar-refractivity contribution < 1.29 is 18.4 Å². The molecule has 2 aromatic heterocycles. The van der Waals surface area contributed by atoms with Gasteiger partial charge in [0.15, 0.2) is 5.76 Å². The standard InChI is InChI=1S/C19H21N5O4/c1-2-10-24(12-15-22-23-18(28-15)14-9-6-11-27-14)16(17(25)21-19(20)26)13-7-4-3-5-8-13/h3-9,11,16H,2,10,12H2,1H3,(H3,20,21,25,26)/t16-/m1/s1. The van der Waals surface area contributed by atoms with Crippen molar-refractivity contribution in [2.24, 2.45) is 5.73 Å². The van der Waals surface area contributed by atoms with Crippen LogP contribution in [-0.4, -0.2) is 33.6 Å². The van der Waals surface area contributed by atoms with Crippen LogP contribution in [0.15, 0.2) is 57.6 Å². The number of primary amides is 1. The Kier molecular flexibility index (Phi) is 6.18. The Labute approximate surface area is 161 Å². The first-order chi connectivity index (χ1) is 13.6. The molecule has 0 spiro atoms. The SMILES string of the molecule is CCCN(Cc1nnc(-c2ccco2)o1)[C@@H](C(=O)NC(N)=O)c1ccccc1. The van der Waals surface area contributed by atoms with E-state index >= 15 is 0 Å². The Morgan fingerprint density at radius 2 is 1.96 bits per heavy atom. The van der Waals surface area contributed by atoms with Crippen molar-refractivity contribution in [1.29, 1.82) is 0 Å². The van der Waals surface area contributed by atoms with Crippen LogP contribution in [0, 0.1) is 0 Å². The van der Waals surface area contributed by atoms with E-state index in [2.05, 4.69) is 15.5 Å². The molecule has 0 fully saturated rings. The van der Waals surface area contributed by atoms with Gasteiger partial charge in [-0.2, -0.15) is 0 Å². The highest BCUT2D eigenvalue weighted by Crippen LogP contribution is 2.25. The smallest absolute Gasteiger partial charge is 0.318 e. The normalized spacial score (nSPS) is 12.1. The number of aromatic nitrogens is 2. The predicted molar refractivity (Wildman–Crippen MR) is 99.6 cm³/mol. The van der Waals surface area contributed by atoms with E-state index < -0.39 is 18.0 Å². The second-order valence-corrected chi connectivity index (χ2v) is 6.12. The highest BCUT2D eigenvalue weighted by atomic mass is 16.4. The Bertz CT molecular complexity index is 908. The van der Waals surface area contributed by atoms with Crippen molar-refractivity contribution in [2.75, 3.05) is 6.54 Å². The monoisotopic (exact) mass is 383 g/mol. The molecule has 3 amide bonds. The molecular weight excluding hydrogens is 362 g/mol. The van der Waals surface area contributed by atoms with Crippen LogP contribution in [0.2, 0.25) is 0 Å². The van der Waals surface area contributed by atoms with Gasteiger partial charge in [0.25, 0.3) is 5.89 Å².